The van der Waals surface area contributed by atoms with E-state index in [4.69, 9.17) is 0 Å². The molecule has 1 aromatic rings. The molecule has 0 aliphatic heterocycles. The van der Waals surface area contributed by atoms with Gasteiger partial charge in [0.05, 0.1) is 0 Å². The Morgan fingerprint density at radius 1 is 0.356 bits per heavy atom. The molecule has 0 spiro atoms. The molecule has 0 bridgehead atoms. The van der Waals surface area contributed by atoms with E-state index in [1.54, 1.807) is 11.3 Å². The van der Waals surface area contributed by atoms with Crippen molar-refractivity contribution in [1.29, 1.82) is 0 Å². The lowest BCUT2D eigenvalue weighted by Gasteiger charge is -2.10. The van der Waals surface area contributed by atoms with E-state index < -0.39 is 0 Å². The van der Waals surface area contributed by atoms with E-state index in [0.717, 1.165) is 0 Å². The van der Waals surface area contributed by atoms with Crippen LogP contribution >= 0.6 is 0 Å². The molecule has 0 aromatic carbocycles. The van der Waals surface area contributed by atoms with Gasteiger partial charge in [0.15, 0.2) is 11.9 Å². The van der Waals surface area contributed by atoms with Gasteiger partial charge in [-0.05, 0) is 31.7 Å². The molecule has 1 aromatic heterocycles. The van der Waals surface area contributed by atoms with E-state index in [0.29, 0.717) is 0 Å². The Kier molecular flexibility index (Phi) is 32.3. The summed E-state index contributed by atoms with van der Waals surface area (Å²) in [6, 6.07) is 4.79. The molecule has 1 rings (SSSR count). The Morgan fingerprint density at radius 2 is 0.667 bits per heavy atom. The van der Waals surface area contributed by atoms with Crippen LogP contribution < -0.4 is 4.57 Å². The van der Waals surface area contributed by atoms with Gasteiger partial charge >= 0.3 is 0 Å². The summed E-state index contributed by atoms with van der Waals surface area (Å²) < 4.78 is 2.64. The maximum atomic E-state index is 2.64. The molecule has 0 saturated heterocycles. The fourth-order valence-electron chi connectivity index (χ4n) is 7.26. The number of pyridine rings is 1. The maximum absolute atomic E-state index is 2.64. The van der Waals surface area contributed by atoms with Crippen molar-refractivity contribution in [3.8, 4) is 0 Å². The van der Waals surface area contributed by atoms with E-state index in [1.807, 2.05) is 0 Å². The third kappa shape index (κ3) is 26.9. The van der Waals surface area contributed by atoms with Crippen LogP contribution in [0, 0.1) is 0 Å². The molecular formula is C44H84N+. The monoisotopic (exact) mass is 627 g/mol. The fourth-order valence-corrected chi connectivity index (χ4v) is 7.26. The molecule has 264 valence electrons. The van der Waals surface area contributed by atoms with Crippen LogP contribution in [0.3, 0.4) is 0 Å². The minimum atomic E-state index is 1.22. The first kappa shape index (κ1) is 42.2. The average Bonchev–Trinajstić information content (AvgIpc) is 3.05. The number of unbranched alkanes of at least 4 members (excludes halogenated alkanes) is 30. The number of aryl methyl sites for hydroxylation is 2. The summed E-state index contributed by atoms with van der Waals surface area (Å²) in [7, 11) is 0. The maximum Gasteiger partial charge on any atom is 0.184 e. The van der Waals surface area contributed by atoms with Crippen molar-refractivity contribution in [3.05, 3.63) is 29.6 Å². The van der Waals surface area contributed by atoms with Crippen LogP contribution in [0.1, 0.15) is 244 Å². The molecular weight excluding hydrogens is 542 g/mol. The molecule has 0 aliphatic rings. The van der Waals surface area contributed by atoms with Crippen molar-refractivity contribution >= 4 is 0 Å². The lowest BCUT2D eigenvalue weighted by atomic mass is 9.99. The van der Waals surface area contributed by atoms with Crippen molar-refractivity contribution in [2.24, 2.45) is 0 Å². The Hall–Kier alpha value is -0.850. The molecule has 1 heteroatoms. The first-order valence-electron chi connectivity index (χ1n) is 21.3. The number of aromatic nitrogens is 1. The van der Waals surface area contributed by atoms with E-state index in [9.17, 15) is 0 Å². The van der Waals surface area contributed by atoms with Crippen LogP contribution in [-0.2, 0) is 19.4 Å². The quantitative estimate of drug-likeness (QED) is 0.0515. The molecule has 45 heavy (non-hydrogen) atoms. The minimum Gasteiger partial charge on any atom is -0.202 e. The van der Waals surface area contributed by atoms with E-state index >= 15 is 0 Å². The smallest absolute Gasteiger partial charge is 0.184 e. The lowest BCUT2D eigenvalue weighted by Crippen LogP contribution is -2.39. The molecule has 0 amide bonds. The molecule has 0 saturated carbocycles. The van der Waals surface area contributed by atoms with Gasteiger partial charge in [-0.2, -0.15) is 0 Å². The molecule has 0 fully saturated rings. The number of rotatable bonds is 36. The second-order valence-electron chi connectivity index (χ2n) is 14.8. The Morgan fingerprint density at radius 3 is 1.04 bits per heavy atom. The molecule has 0 N–H and O–H groups in total. The van der Waals surface area contributed by atoms with E-state index in [2.05, 4.69) is 43.7 Å². The third-order valence-corrected chi connectivity index (χ3v) is 10.4. The van der Waals surface area contributed by atoms with Crippen molar-refractivity contribution in [2.45, 2.75) is 252 Å². The number of hydrogen-bond acceptors (Lipinski definition) is 0. The van der Waals surface area contributed by atoms with E-state index in [1.165, 1.54) is 231 Å². The summed E-state index contributed by atoms with van der Waals surface area (Å²) in [6.07, 6.45) is 52.4. The third-order valence-electron chi connectivity index (χ3n) is 10.4. The van der Waals surface area contributed by atoms with Crippen molar-refractivity contribution in [3.63, 3.8) is 0 Å². The molecule has 0 atom stereocenters. The van der Waals surface area contributed by atoms with Gasteiger partial charge < -0.3 is 0 Å². The molecule has 0 unspecified atom stereocenters. The highest BCUT2D eigenvalue weighted by atomic mass is 15.0. The fraction of sp³-hybridized carbons (Fsp3) is 0.886. The van der Waals surface area contributed by atoms with Gasteiger partial charge in [-0.15, -0.1) is 0 Å². The molecule has 0 aliphatic carbocycles. The second-order valence-corrected chi connectivity index (χ2v) is 14.8. The second kappa shape index (κ2) is 34.5. The lowest BCUT2D eigenvalue weighted by molar-refractivity contribution is -0.705. The van der Waals surface area contributed by atoms with Crippen LogP contribution in [0.25, 0.3) is 0 Å². The van der Waals surface area contributed by atoms with Gasteiger partial charge in [-0.25, -0.2) is 4.57 Å². The summed E-state index contributed by atoms with van der Waals surface area (Å²) in [5.74, 6) is 0. The van der Waals surface area contributed by atoms with Gasteiger partial charge in [-0.3, -0.25) is 0 Å². The van der Waals surface area contributed by atoms with Gasteiger partial charge in [0, 0.05) is 24.5 Å². The van der Waals surface area contributed by atoms with E-state index in [-0.39, 0.29) is 0 Å². The highest BCUT2D eigenvalue weighted by Gasteiger charge is 2.15. The largest absolute Gasteiger partial charge is 0.202 e. The Balaban J connectivity index is 2.17. The zero-order valence-electron chi connectivity index (χ0n) is 31.6. The van der Waals surface area contributed by atoms with Gasteiger partial charge in [0.2, 0.25) is 0 Å². The summed E-state index contributed by atoms with van der Waals surface area (Å²) in [6.45, 7) is 8.17. The predicted octanol–water partition coefficient (Wildman–Crippen LogP) is 15.0. The SMILES string of the molecule is CCCCCCCCCCCCCCCCCc1ccc[n+](CCCCC)c1CCCCCCCCCCCCCCCCC. The minimum absolute atomic E-state index is 1.22. The topological polar surface area (TPSA) is 3.88 Å². The molecule has 0 radical (unpaired) electrons. The normalized spacial score (nSPS) is 11.5. The van der Waals surface area contributed by atoms with Crippen molar-refractivity contribution in [1.82, 2.24) is 0 Å². The van der Waals surface area contributed by atoms with Gasteiger partial charge in [0.1, 0.15) is 6.54 Å². The zero-order valence-corrected chi connectivity index (χ0v) is 31.6. The number of nitrogens with zero attached hydrogens (tertiary/aromatic N) is 1. The molecule has 1 heterocycles. The van der Waals surface area contributed by atoms with Gasteiger partial charge in [-0.1, -0.05) is 207 Å². The van der Waals surface area contributed by atoms with Crippen LogP contribution in [0.4, 0.5) is 0 Å². The van der Waals surface area contributed by atoms with Crippen molar-refractivity contribution < 1.29 is 4.57 Å². The molecule has 1 nitrogen and oxygen atoms in total. The highest BCUT2D eigenvalue weighted by molar-refractivity contribution is 5.16. The van der Waals surface area contributed by atoms with Gasteiger partial charge in [0.25, 0.3) is 0 Å². The van der Waals surface area contributed by atoms with Crippen LogP contribution in [0.5, 0.6) is 0 Å². The van der Waals surface area contributed by atoms with Crippen LogP contribution in [0.15, 0.2) is 18.3 Å². The summed E-state index contributed by atoms with van der Waals surface area (Å²) >= 11 is 0. The Bertz CT molecular complexity index is 709. The number of hydrogen-bond donors (Lipinski definition) is 0. The Labute approximate surface area is 285 Å². The summed E-state index contributed by atoms with van der Waals surface area (Å²) in [5.41, 5.74) is 3.34. The summed E-state index contributed by atoms with van der Waals surface area (Å²) in [5, 5.41) is 0. The van der Waals surface area contributed by atoms with Crippen LogP contribution in [0.2, 0.25) is 0 Å². The standard InChI is InChI=1S/C44H84N/c1-4-7-10-12-14-16-18-20-22-24-26-28-30-32-34-38-43-39-37-42-45(41-36-9-6-3)44(43)40-35-33-31-29-27-25-23-21-19-17-15-13-11-8-5-2/h37,39,42H,4-36,38,40-41H2,1-3H3/q+1. The highest BCUT2D eigenvalue weighted by Crippen LogP contribution is 2.18. The zero-order chi connectivity index (χ0) is 32.3. The first-order chi connectivity index (χ1) is 22.3. The summed E-state index contributed by atoms with van der Waals surface area (Å²) in [4.78, 5) is 0. The van der Waals surface area contributed by atoms with Crippen LogP contribution in [-0.4, -0.2) is 0 Å². The average molecular weight is 627 g/mol. The van der Waals surface area contributed by atoms with Crippen molar-refractivity contribution in [2.75, 3.05) is 0 Å². The predicted molar refractivity (Wildman–Crippen MR) is 203 cm³/mol. The first-order valence-corrected chi connectivity index (χ1v) is 21.3.